The molecule has 0 saturated carbocycles. The Hall–Kier alpha value is -3.41. The molecule has 1 heterocycles. The fourth-order valence-electron chi connectivity index (χ4n) is 3.69. The van der Waals surface area contributed by atoms with Crippen LogP contribution < -0.4 is 0 Å². The Bertz CT molecular complexity index is 1040. The highest BCUT2D eigenvalue weighted by molar-refractivity contribution is 5.89. The number of rotatable bonds is 5. The van der Waals surface area contributed by atoms with Crippen molar-refractivity contribution in [2.45, 2.75) is 25.3 Å². The quantitative estimate of drug-likeness (QED) is 0.488. The third kappa shape index (κ3) is 4.21. The first-order chi connectivity index (χ1) is 14.1. The number of amides is 1. The van der Waals surface area contributed by atoms with Gasteiger partial charge in [-0.3, -0.25) is 4.79 Å². The van der Waals surface area contributed by atoms with Gasteiger partial charge >= 0.3 is 5.97 Å². The van der Waals surface area contributed by atoms with Crippen LogP contribution in [-0.4, -0.2) is 35.4 Å². The second kappa shape index (κ2) is 8.31. The normalized spacial score (nSPS) is 16.0. The number of ether oxygens (including phenoxy) is 1. The number of carbonyl (C=O) groups is 2. The van der Waals surface area contributed by atoms with Crippen molar-refractivity contribution in [1.82, 2.24) is 9.88 Å². The van der Waals surface area contributed by atoms with Gasteiger partial charge in [0.05, 0.1) is 6.04 Å². The minimum absolute atomic E-state index is 0.0152. The Kier molecular flexibility index (Phi) is 5.42. The van der Waals surface area contributed by atoms with E-state index in [1.807, 2.05) is 30.3 Å². The number of esters is 1. The summed E-state index contributed by atoms with van der Waals surface area (Å²) in [6, 6.07) is 15.5. The van der Waals surface area contributed by atoms with Crippen LogP contribution in [0.1, 0.15) is 35.9 Å². The molecule has 2 aromatic carbocycles. The summed E-state index contributed by atoms with van der Waals surface area (Å²) in [5, 5.41) is 0. The van der Waals surface area contributed by atoms with Gasteiger partial charge in [-0.25, -0.2) is 9.78 Å². The van der Waals surface area contributed by atoms with Crippen LogP contribution in [0.25, 0.3) is 17.2 Å². The summed E-state index contributed by atoms with van der Waals surface area (Å²) in [4.78, 5) is 30.5. The number of likely N-dealkylation sites (N-methyl/N-ethyl adjacent to an activating group) is 1. The Morgan fingerprint density at radius 3 is 2.86 bits per heavy atom. The summed E-state index contributed by atoms with van der Waals surface area (Å²) in [6.07, 6.45) is 5.63. The van der Waals surface area contributed by atoms with Crippen LogP contribution in [0.5, 0.6) is 0 Å². The monoisotopic (exact) mass is 390 g/mol. The van der Waals surface area contributed by atoms with E-state index in [-0.39, 0.29) is 18.6 Å². The Balaban J connectivity index is 1.34. The standard InChI is InChI=1S/C23H22N2O4/c1-25(19-11-6-8-16-7-2-3-9-17(16)19)22(26)15-28-23(27)14-13-21-24-18-10-4-5-12-20(18)29-21/h2-5,7,9-10,12-14,19H,6,8,11,15H2,1H3/b14-13+/t19-/m1/s1. The van der Waals surface area contributed by atoms with Gasteiger partial charge in [-0.2, -0.15) is 0 Å². The topological polar surface area (TPSA) is 72.6 Å². The Morgan fingerprint density at radius 1 is 1.21 bits per heavy atom. The van der Waals surface area contributed by atoms with Crippen molar-refractivity contribution in [3.63, 3.8) is 0 Å². The molecule has 6 nitrogen and oxygen atoms in total. The lowest BCUT2D eigenvalue weighted by Crippen LogP contribution is -2.36. The van der Waals surface area contributed by atoms with Crippen molar-refractivity contribution in [2.75, 3.05) is 13.7 Å². The first-order valence-corrected chi connectivity index (χ1v) is 9.65. The number of hydrogen-bond acceptors (Lipinski definition) is 5. The van der Waals surface area contributed by atoms with Gasteiger partial charge in [0.25, 0.3) is 5.91 Å². The fraction of sp³-hybridized carbons (Fsp3) is 0.261. The minimum Gasteiger partial charge on any atom is -0.452 e. The number of benzene rings is 2. The molecule has 0 aliphatic heterocycles. The Morgan fingerprint density at radius 2 is 2.00 bits per heavy atom. The summed E-state index contributed by atoms with van der Waals surface area (Å²) in [7, 11) is 1.76. The zero-order valence-corrected chi connectivity index (χ0v) is 16.2. The van der Waals surface area contributed by atoms with Crippen LogP contribution in [0.3, 0.4) is 0 Å². The molecule has 1 atom stereocenters. The molecule has 0 bridgehead atoms. The molecule has 0 fully saturated rings. The van der Waals surface area contributed by atoms with Gasteiger partial charge in [-0.1, -0.05) is 36.4 Å². The van der Waals surface area contributed by atoms with E-state index in [0.717, 1.165) is 19.3 Å². The minimum atomic E-state index is -0.613. The lowest BCUT2D eigenvalue weighted by atomic mass is 9.87. The maximum atomic E-state index is 12.5. The van der Waals surface area contributed by atoms with E-state index in [0.29, 0.717) is 17.0 Å². The molecule has 1 amide bonds. The van der Waals surface area contributed by atoms with E-state index in [4.69, 9.17) is 9.15 Å². The zero-order valence-electron chi connectivity index (χ0n) is 16.2. The van der Waals surface area contributed by atoms with Gasteiger partial charge in [0.2, 0.25) is 5.89 Å². The number of fused-ring (bicyclic) bond motifs is 2. The van der Waals surface area contributed by atoms with Crippen LogP contribution in [0.2, 0.25) is 0 Å². The molecular formula is C23H22N2O4. The maximum Gasteiger partial charge on any atom is 0.331 e. The van der Waals surface area contributed by atoms with E-state index in [1.165, 1.54) is 23.3 Å². The number of aromatic nitrogens is 1. The van der Waals surface area contributed by atoms with Crippen molar-refractivity contribution < 1.29 is 18.7 Å². The molecule has 1 aliphatic rings. The maximum absolute atomic E-state index is 12.5. The van der Waals surface area contributed by atoms with Crippen LogP contribution in [-0.2, 0) is 20.7 Å². The molecule has 29 heavy (non-hydrogen) atoms. The van der Waals surface area contributed by atoms with Gasteiger partial charge in [-0.05, 0) is 42.5 Å². The van der Waals surface area contributed by atoms with Crippen molar-refractivity contribution in [3.05, 3.63) is 71.6 Å². The van der Waals surface area contributed by atoms with Gasteiger partial charge in [0, 0.05) is 19.2 Å². The van der Waals surface area contributed by atoms with Crippen LogP contribution >= 0.6 is 0 Å². The van der Waals surface area contributed by atoms with Crippen molar-refractivity contribution in [3.8, 4) is 0 Å². The summed E-state index contributed by atoms with van der Waals surface area (Å²) in [5.74, 6) is -0.529. The van der Waals surface area contributed by atoms with Crippen LogP contribution in [0.4, 0.5) is 0 Å². The summed E-state index contributed by atoms with van der Waals surface area (Å²) >= 11 is 0. The molecule has 0 saturated heterocycles. The smallest absolute Gasteiger partial charge is 0.331 e. The molecule has 148 valence electrons. The van der Waals surface area contributed by atoms with E-state index in [9.17, 15) is 9.59 Å². The lowest BCUT2D eigenvalue weighted by Gasteiger charge is -2.33. The van der Waals surface area contributed by atoms with Crippen molar-refractivity contribution in [1.29, 1.82) is 0 Å². The number of carbonyl (C=O) groups excluding carboxylic acids is 2. The molecule has 0 unspecified atom stereocenters. The third-order valence-corrected chi connectivity index (χ3v) is 5.21. The highest BCUT2D eigenvalue weighted by atomic mass is 16.5. The second-order valence-corrected chi connectivity index (χ2v) is 7.07. The molecule has 0 radical (unpaired) electrons. The first-order valence-electron chi connectivity index (χ1n) is 9.65. The highest BCUT2D eigenvalue weighted by Crippen LogP contribution is 2.33. The molecule has 0 N–H and O–H groups in total. The van der Waals surface area contributed by atoms with E-state index < -0.39 is 5.97 Å². The number of para-hydroxylation sites is 2. The molecule has 4 rings (SSSR count). The molecule has 1 aliphatic carbocycles. The number of oxazole rings is 1. The fourth-order valence-corrected chi connectivity index (χ4v) is 3.69. The highest BCUT2D eigenvalue weighted by Gasteiger charge is 2.26. The van der Waals surface area contributed by atoms with Crippen molar-refractivity contribution in [2.24, 2.45) is 0 Å². The SMILES string of the molecule is CN(C(=O)COC(=O)/C=C/c1nc2ccccc2o1)[C@@H]1CCCc2ccccc21. The largest absolute Gasteiger partial charge is 0.452 e. The van der Waals surface area contributed by atoms with Crippen LogP contribution in [0, 0.1) is 0 Å². The molecule has 0 spiro atoms. The van der Waals surface area contributed by atoms with Crippen LogP contribution in [0.15, 0.2) is 59.0 Å². The molecule has 1 aromatic heterocycles. The predicted octanol–water partition coefficient (Wildman–Crippen LogP) is 3.92. The van der Waals surface area contributed by atoms with Crippen molar-refractivity contribution >= 4 is 29.1 Å². The average molecular weight is 390 g/mol. The van der Waals surface area contributed by atoms with Gasteiger partial charge in [0.1, 0.15) is 5.52 Å². The summed E-state index contributed by atoms with van der Waals surface area (Å²) in [5.41, 5.74) is 3.81. The van der Waals surface area contributed by atoms with Gasteiger partial charge in [0.15, 0.2) is 12.2 Å². The molecule has 6 heteroatoms. The lowest BCUT2D eigenvalue weighted by molar-refractivity contribution is -0.148. The average Bonchev–Trinajstić information content (AvgIpc) is 3.18. The predicted molar refractivity (Wildman–Crippen MR) is 109 cm³/mol. The zero-order chi connectivity index (χ0) is 20.2. The van der Waals surface area contributed by atoms with Gasteiger partial charge in [-0.15, -0.1) is 0 Å². The number of nitrogens with zero attached hydrogens (tertiary/aromatic N) is 2. The first kappa shape index (κ1) is 18.9. The third-order valence-electron chi connectivity index (χ3n) is 5.21. The van der Waals surface area contributed by atoms with E-state index in [2.05, 4.69) is 17.1 Å². The second-order valence-electron chi connectivity index (χ2n) is 7.07. The van der Waals surface area contributed by atoms with Gasteiger partial charge < -0.3 is 14.1 Å². The van der Waals surface area contributed by atoms with E-state index in [1.54, 1.807) is 18.0 Å². The number of aryl methyl sites for hydroxylation is 1. The van der Waals surface area contributed by atoms with E-state index >= 15 is 0 Å². The number of hydrogen-bond donors (Lipinski definition) is 0. The summed E-state index contributed by atoms with van der Waals surface area (Å²) < 4.78 is 10.6. The molecular weight excluding hydrogens is 368 g/mol. The Labute approximate surface area is 168 Å². The summed E-state index contributed by atoms with van der Waals surface area (Å²) in [6.45, 7) is -0.300. The molecule has 3 aromatic rings.